The molecule has 0 saturated heterocycles. The summed E-state index contributed by atoms with van der Waals surface area (Å²) >= 11 is 3.18. The lowest BCUT2D eigenvalue weighted by Crippen LogP contribution is -2.15. The van der Waals surface area contributed by atoms with Crippen molar-refractivity contribution in [1.29, 1.82) is 0 Å². The van der Waals surface area contributed by atoms with Crippen LogP contribution >= 0.6 is 26.6 Å². The Labute approximate surface area is 118 Å². The lowest BCUT2D eigenvalue weighted by molar-refractivity contribution is -0.118. The first kappa shape index (κ1) is 15.3. The van der Waals surface area contributed by atoms with Crippen molar-refractivity contribution < 1.29 is 17.9 Å². The Balaban J connectivity index is 3.13. The van der Waals surface area contributed by atoms with Gasteiger partial charge in [-0.25, -0.2) is 8.42 Å². The van der Waals surface area contributed by atoms with Crippen LogP contribution in [0.5, 0.6) is 5.75 Å². The fourth-order valence-electron chi connectivity index (χ4n) is 1.32. The Bertz CT molecular complexity index is 573. The monoisotopic (exact) mass is 355 g/mol. The first-order valence-corrected chi connectivity index (χ1v) is 7.98. The van der Waals surface area contributed by atoms with Crippen LogP contribution in [0.15, 0.2) is 21.5 Å². The molecular weight excluding hydrogens is 346 g/mol. The van der Waals surface area contributed by atoms with E-state index in [0.717, 1.165) is 0 Å². The minimum absolute atomic E-state index is 0.00270. The summed E-state index contributed by atoms with van der Waals surface area (Å²) in [5, 5.41) is 0. The summed E-state index contributed by atoms with van der Waals surface area (Å²) < 4.78 is 28.7. The number of ether oxygens (including phenoxy) is 1. The molecule has 0 bridgehead atoms. The topological polar surface area (TPSA) is 86.5 Å². The van der Waals surface area contributed by atoms with Gasteiger partial charge in [-0.3, -0.25) is 4.79 Å². The third-order valence-electron chi connectivity index (χ3n) is 2.06. The number of primary amides is 1. The van der Waals surface area contributed by atoms with E-state index in [-0.39, 0.29) is 23.7 Å². The zero-order chi connectivity index (χ0) is 13.9. The Morgan fingerprint density at radius 3 is 2.61 bits per heavy atom. The number of benzene rings is 1. The van der Waals surface area contributed by atoms with Gasteiger partial charge in [0.2, 0.25) is 5.91 Å². The second-order valence-corrected chi connectivity index (χ2v) is 7.00. The highest BCUT2D eigenvalue weighted by Crippen LogP contribution is 2.33. The van der Waals surface area contributed by atoms with Crippen molar-refractivity contribution >= 4 is 41.6 Å². The highest BCUT2D eigenvalue weighted by molar-refractivity contribution is 9.10. The van der Waals surface area contributed by atoms with E-state index in [0.29, 0.717) is 10.0 Å². The molecule has 0 atom stereocenters. The SMILES string of the molecule is Cc1cc(Br)cc(S(=O)(=O)Cl)c1OCCC(N)=O. The van der Waals surface area contributed by atoms with E-state index < -0.39 is 15.0 Å². The second-order valence-electron chi connectivity index (χ2n) is 3.55. The quantitative estimate of drug-likeness (QED) is 0.817. The summed E-state index contributed by atoms with van der Waals surface area (Å²) in [5.74, 6) is -0.394. The number of nitrogens with two attached hydrogens (primary N) is 1. The number of hydrogen-bond acceptors (Lipinski definition) is 4. The third kappa shape index (κ3) is 4.15. The standard InChI is InChI=1S/C10H11BrClNO4S/c1-6-4-7(11)5-8(18(12,15)16)10(6)17-3-2-9(13)14/h4-5H,2-3H2,1H3,(H2,13,14). The molecule has 1 aromatic carbocycles. The summed E-state index contributed by atoms with van der Waals surface area (Å²) in [5.41, 5.74) is 5.56. The van der Waals surface area contributed by atoms with E-state index in [1.165, 1.54) is 6.07 Å². The van der Waals surface area contributed by atoms with Crippen LogP contribution in [-0.2, 0) is 13.8 Å². The molecule has 0 radical (unpaired) electrons. The molecule has 8 heteroatoms. The molecule has 0 aromatic heterocycles. The van der Waals surface area contributed by atoms with Gasteiger partial charge in [-0.05, 0) is 24.6 Å². The van der Waals surface area contributed by atoms with Crippen LogP contribution in [0.1, 0.15) is 12.0 Å². The Morgan fingerprint density at radius 2 is 2.11 bits per heavy atom. The van der Waals surface area contributed by atoms with Crippen molar-refractivity contribution in [3.05, 3.63) is 22.2 Å². The number of halogens is 2. The van der Waals surface area contributed by atoms with Gasteiger partial charge >= 0.3 is 0 Å². The molecule has 0 spiro atoms. The van der Waals surface area contributed by atoms with Gasteiger partial charge in [-0.1, -0.05) is 15.9 Å². The molecule has 0 aliphatic carbocycles. The van der Waals surface area contributed by atoms with Gasteiger partial charge in [-0.2, -0.15) is 0 Å². The number of amides is 1. The Hall–Kier alpha value is -0.790. The summed E-state index contributed by atoms with van der Waals surface area (Å²) in [6.07, 6.45) is -0.00270. The van der Waals surface area contributed by atoms with Crippen molar-refractivity contribution in [3.63, 3.8) is 0 Å². The van der Waals surface area contributed by atoms with Gasteiger partial charge in [0.05, 0.1) is 13.0 Å². The molecule has 1 rings (SSSR count). The average molecular weight is 357 g/mol. The van der Waals surface area contributed by atoms with Crippen LogP contribution in [-0.4, -0.2) is 20.9 Å². The number of carbonyl (C=O) groups is 1. The van der Waals surface area contributed by atoms with Gasteiger partial charge in [0.1, 0.15) is 10.6 Å². The van der Waals surface area contributed by atoms with E-state index in [9.17, 15) is 13.2 Å². The Kier molecular flexibility index (Phi) is 5.01. The van der Waals surface area contributed by atoms with E-state index in [1.807, 2.05) is 0 Å². The second kappa shape index (κ2) is 5.90. The predicted molar refractivity (Wildman–Crippen MR) is 71.2 cm³/mol. The first-order valence-electron chi connectivity index (χ1n) is 4.87. The summed E-state index contributed by atoms with van der Waals surface area (Å²) in [6, 6.07) is 3.03. The van der Waals surface area contributed by atoms with Crippen LogP contribution in [0, 0.1) is 6.92 Å². The zero-order valence-electron chi connectivity index (χ0n) is 9.44. The number of carbonyl (C=O) groups excluding carboxylic acids is 1. The molecular formula is C10H11BrClNO4S. The van der Waals surface area contributed by atoms with Crippen molar-refractivity contribution in [1.82, 2.24) is 0 Å². The largest absolute Gasteiger partial charge is 0.491 e. The lowest BCUT2D eigenvalue weighted by atomic mass is 10.2. The normalized spacial score (nSPS) is 11.3. The molecule has 0 fully saturated rings. The summed E-state index contributed by atoms with van der Waals surface area (Å²) in [6.45, 7) is 1.67. The highest BCUT2D eigenvalue weighted by Gasteiger charge is 2.20. The van der Waals surface area contributed by atoms with E-state index in [1.54, 1.807) is 13.0 Å². The number of rotatable bonds is 5. The van der Waals surface area contributed by atoms with Gasteiger partial charge < -0.3 is 10.5 Å². The maximum atomic E-state index is 11.4. The van der Waals surface area contributed by atoms with Crippen LogP contribution in [0.3, 0.4) is 0 Å². The predicted octanol–water partition coefficient (Wildman–Crippen LogP) is 1.94. The molecule has 5 nitrogen and oxygen atoms in total. The molecule has 0 aliphatic heterocycles. The van der Waals surface area contributed by atoms with Crippen molar-refractivity contribution in [3.8, 4) is 5.75 Å². The molecule has 0 unspecified atom stereocenters. The van der Waals surface area contributed by atoms with Crippen LogP contribution in [0.2, 0.25) is 0 Å². The lowest BCUT2D eigenvalue weighted by Gasteiger charge is -2.12. The molecule has 0 aliphatic rings. The van der Waals surface area contributed by atoms with Crippen molar-refractivity contribution in [2.45, 2.75) is 18.2 Å². The minimum Gasteiger partial charge on any atom is -0.491 e. The van der Waals surface area contributed by atoms with E-state index >= 15 is 0 Å². The fraction of sp³-hybridized carbons (Fsp3) is 0.300. The van der Waals surface area contributed by atoms with Gasteiger partial charge in [-0.15, -0.1) is 0 Å². The average Bonchev–Trinajstić information content (AvgIpc) is 2.18. The van der Waals surface area contributed by atoms with Crippen LogP contribution in [0.25, 0.3) is 0 Å². The maximum Gasteiger partial charge on any atom is 0.265 e. The molecule has 100 valence electrons. The number of hydrogen-bond donors (Lipinski definition) is 1. The molecule has 1 amide bonds. The molecule has 0 heterocycles. The summed E-state index contributed by atoms with van der Waals surface area (Å²) in [7, 11) is 1.40. The van der Waals surface area contributed by atoms with Gasteiger partial charge in [0.15, 0.2) is 0 Å². The number of aryl methyl sites for hydroxylation is 1. The maximum absolute atomic E-state index is 11.4. The molecule has 18 heavy (non-hydrogen) atoms. The molecule has 2 N–H and O–H groups in total. The van der Waals surface area contributed by atoms with Crippen LogP contribution in [0.4, 0.5) is 0 Å². The van der Waals surface area contributed by atoms with Crippen molar-refractivity contribution in [2.75, 3.05) is 6.61 Å². The van der Waals surface area contributed by atoms with E-state index in [2.05, 4.69) is 15.9 Å². The first-order chi connectivity index (χ1) is 8.21. The summed E-state index contributed by atoms with van der Waals surface area (Å²) in [4.78, 5) is 10.5. The van der Waals surface area contributed by atoms with Crippen LogP contribution < -0.4 is 10.5 Å². The highest BCUT2D eigenvalue weighted by atomic mass is 79.9. The molecule has 1 aromatic rings. The van der Waals surface area contributed by atoms with E-state index in [4.69, 9.17) is 21.2 Å². The zero-order valence-corrected chi connectivity index (χ0v) is 12.6. The minimum atomic E-state index is -3.93. The van der Waals surface area contributed by atoms with Gasteiger partial charge in [0, 0.05) is 15.2 Å². The fourth-order valence-corrected chi connectivity index (χ4v) is 3.10. The third-order valence-corrected chi connectivity index (χ3v) is 3.85. The van der Waals surface area contributed by atoms with Crippen molar-refractivity contribution in [2.24, 2.45) is 5.73 Å². The smallest absolute Gasteiger partial charge is 0.265 e. The molecule has 0 saturated carbocycles. The Morgan fingerprint density at radius 1 is 1.50 bits per heavy atom. The van der Waals surface area contributed by atoms with Gasteiger partial charge in [0.25, 0.3) is 9.05 Å².